The average Bonchev–Trinajstić information content (AvgIpc) is 2.68. The van der Waals surface area contributed by atoms with E-state index in [9.17, 15) is 4.39 Å². The predicted octanol–water partition coefficient (Wildman–Crippen LogP) is 4.28. The lowest BCUT2D eigenvalue weighted by atomic mass is 9.88. The second kappa shape index (κ2) is 7.67. The molecule has 2 aromatic rings. The number of aromatic nitrogens is 1. The smallest absolute Gasteiger partial charge is 0.147 e. The highest BCUT2D eigenvalue weighted by atomic mass is 19.1. The number of nitrogen functional groups attached to an aromatic ring is 1. The van der Waals surface area contributed by atoms with Crippen molar-refractivity contribution < 1.29 is 4.39 Å². The molecule has 0 amide bonds. The Morgan fingerprint density at radius 1 is 1.21 bits per heavy atom. The molecular weight excluding hydrogens is 365 g/mol. The summed E-state index contributed by atoms with van der Waals surface area (Å²) in [6.45, 7) is 6.88. The highest BCUT2D eigenvalue weighted by molar-refractivity contribution is 5.71. The molecule has 4 rings (SSSR count). The number of halogens is 1. The second-order valence-corrected chi connectivity index (χ2v) is 8.44. The highest BCUT2D eigenvalue weighted by Gasteiger charge is 2.35. The van der Waals surface area contributed by atoms with E-state index in [2.05, 4.69) is 35.5 Å². The summed E-state index contributed by atoms with van der Waals surface area (Å²) in [6, 6.07) is 8.06. The van der Waals surface area contributed by atoms with E-state index < -0.39 is 0 Å². The Bertz CT molecular complexity index is 897. The van der Waals surface area contributed by atoms with Crippen LogP contribution in [0.3, 0.4) is 0 Å². The molecule has 1 fully saturated rings. The first kappa shape index (κ1) is 19.7. The van der Waals surface area contributed by atoms with Gasteiger partial charge in [-0.1, -0.05) is 18.7 Å². The number of nitrogens with two attached hydrogens (primary N) is 1. The van der Waals surface area contributed by atoms with E-state index in [1.807, 2.05) is 30.2 Å². The minimum absolute atomic E-state index is 0.228. The van der Waals surface area contributed by atoms with Crippen LogP contribution in [-0.2, 0) is 6.54 Å². The van der Waals surface area contributed by atoms with E-state index in [1.165, 1.54) is 6.07 Å². The van der Waals surface area contributed by atoms with Crippen LogP contribution in [0, 0.1) is 12.7 Å². The Morgan fingerprint density at radius 2 is 1.93 bits per heavy atom. The highest BCUT2D eigenvalue weighted by Crippen LogP contribution is 2.42. The van der Waals surface area contributed by atoms with Gasteiger partial charge in [-0.2, -0.15) is 0 Å². The summed E-state index contributed by atoms with van der Waals surface area (Å²) in [4.78, 5) is 10.9. The van der Waals surface area contributed by atoms with Crippen molar-refractivity contribution in [3.8, 4) is 0 Å². The van der Waals surface area contributed by atoms with E-state index in [0.29, 0.717) is 30.1 Å². The van der Waals surface area contributed by atoms with E-state index in [4.69, 9.17) is 5.73 Å². The first-order valence-electron chi connectivity index (χ1n) is 10.3. The van der Waals surface area contributed by atoms with Gasteiger partial charge in [0.15, 0.2) is 0 Å². The van der Waals surface area contributed by atoms with Crippen LogP contribution < -0.4 is 15.5 Å². The Balaban J connectivity index is 1.73. The van der Waals surface area contributed by atoms with Crippen molar-refractivity contribution in [1.29, 1.82) is 0 Å². The van der Waals surface area contributed by atoms with Crippen LogP contribution in [0.5, 0.6) is 0 Å². The standard InChI is InChI=1S/C23H30FN5/c1-15-6-5-7-20(24)23(15)28-14-17-13-26-22(25)12-21(17)29(16(28)2)19-10-8-18(9-11-19)27(3)4/h5-7,12-13,18-19H,2,8-11,14H2,1,3-4H3,(H2,25,26). The molecule has 0 bridgehead atoms. The van der Waals surface area contributed by atoms with Gasteiger partial charge in [-0.3, -0.25) is 0 Å². The minimum atomic E-state index is -0.228. The fourth-order valence-electron chi connectivity index (χ4n) is 4.78. The van der Waals surface area contributed by atoms with Crippen molar-refractivity contribution in [2.75, 3.05) is 29.6 Å². The normalized spacial score (nSPS) is 22.2. The van der Waals surface area contributed by atoms with Crippen LogP contribution in [0.15, 0.2) is 42.9 Å². The van der Waals surface area contributed by atoms with E-state index in [1.54, 1.807) is 6.07 Å². The number of hydrogen-bond donors (Lipinski definition) is 1. The van der Waals surface area contributed by atoms with Crippen molar-refractivity contribution in [3.63, 3.8) is 0 Å². The molecule has 0 saturated heterocycles. The number of nitrogens with zero attached hydrogens (tertiary/aromatic N) is 4. The fraction of sp³-hybridized carbons (Fsp3) is 0.435. The third kappa shape index (κ3) is 3.57. The van der Waals surface area contributed by atoms with Crippen molar-refractivity contribution in [2.45, 2.75) is 51.2 Å². The molecule has 2 N–H and O–H groups in total. The van der Waals surface area contributed by atoms with Crippen LogP contribution in [0.1, 0.15) is 36.8 Å². The first-order valence-corrected chi connectivity index (χ1v) is 10.3. The number of fused-ring (bicyclic) bond motifs is 1. The summed E-state index contributed by atoms with van der Waals surface area (Å²) < 4.78 is 14.8. The number of hydrogen-bond acceptors (Lipinski definition) is 5. The number of para-hydroxylation sites is 1. The molecule has 1 aromatic heterocycles. The molecule has 1 aromatic carbocycles. The van der Waals surface area contributed by atoms with Gasteiger partial charge in [0.1, 0.15) is 17.5 Å². The maximum atomic E-state index is 14.8. The number of rotatable bonds is 3. The Labute approximate surface area is 172 Å². The van der Waals surface area contributed by atoms with E-state index in [-0.39, 0.29) is 5.82 Å². The molecule has 0 radical (unpaired) electrons. The van der Waals surface area contributed by atoms with Crippen LogP contribution in [-0.4, -0.2) is 36.1 Å². The maximum absolute atomic E-state index is 14.8. The van der Waals surface area contributed by atoms with Crippen molar-refractivity contribution in [3.05, 3.63) is 59.8 Å². The predicted molar refractivity (Wildman–Crippen MR) is 117 cm³/mol. The molecule has 29 heavy (non-hydrogen) atoms. The van der Waals surface area contributed by atoms with Gasteiger partial charge in [0, 0.05) is 29.9 Å². The fourth-order valence-corrected chi connectivity index (χ4v) is 4.78. The summed E-state index contributed by atoms with van der Waals surface area (Å²) in [5.74, 6) is 1.08. The number of anilines is 3. The molecule has 2 aliphatic rings. The molecule has 2 heterocycles. The van der Waals surface area contributed by atoms with Gasteiger partial charge in [-0.05, 0) is 58.3 Å². The summed E-state index contributed by atoms with van der Waals surface area (Å²) >= 11 is 0. The summed E-state index contributed by atoms with van der Waals surface area (Å²) in [7, 11) is 4.30. The second-order valence-electron chi connectivity index (χ2n) is 8.44. The van der Waals surface area contributed by atoms with Crippen molar-refractivity contribution in [1.82, 2.24) is 9.88 Å². The zero-order chi connectivity index (χ0) is 20.7. The van der Waals surface area contributed by atoms with Gasteiger partial charge in [-0.15, -0.1) is 0 Å². The van der Waals surface area contributed by atoms with Crippen LogP contribution in [0.4, 0.5) is 21.6 Å². The van der Waals surface area contributed by atoms with Gasteiger partial charge in [0.25, 0.3) is 0 Å². The lowest BCUT2D eigenvalue weighted by Crippen LogP contribution is -2.48. The lowest BCUT2D eigenvalue weighted by molar-refractivity contribution is 0.215. The first-order chi connectivity index (χ1) is 13.9. The molecule has 0 spiro atoms. The lowest BCUT2D eigenvalue weighted by Gasteiger charge is -2.47. The number of benzene rings is 1. The Hall–Kier alpha value is -2.60. The summed E-state index contributed by atoms with van der Waals surface area (Å²) in [5, 5.41) is 0. The van der Waals surface area contributed by atoms with Gasteiger partial charge in [-0.25, -0.2) is 9.37 Å². The topological polar surface area (TPSA) is 48.6 Å². The van der Waals surface area contributed by atoms with Crippen molar-refractivity contribution in [2.24, 2.45) is 0 Å². The molecule has 0 unspecified atom stereocenters. The zero-order valence-corrected chi connectivity index (χ0v) is 17.5. The van der Waals surface area contributed by atoms with E-state index in [0.717, 1.165) is 48.3 Å². The average molecular weight is 396 g/mol. The number of pyridine rings is 1. The molecule has 0 atom stereocenters. The molecule has 154 valence electrons. The molecular formula is C23H30FN5. The minimum Gasteiger partial charge on any atom is -0.384 e. The number of aryl methyl sites for hydroxylation is 1. The molecule has 5 nitrogen and oxygen atoms in total. The largest absolute Gasteiger partial charge is 0.384 e. The third-order valence-electron chi connectivity index (χ3n) is 6.38. The SMILES string of the molecule is C=C1N(c2c(C)cccc2F)Cc2cnc(N)cc2N1C1CCC(N(C)C)CC1. The monoisotopic (exact) mass is 395 g/mol. The quantitative estimate of drug-likeness (QED) is 0.841. The zero-order valence-electron chi connectivity index (χ0n) is 17.5. The van der Waals surface area contributed by atoms with Crippen LogP contribution in [0.25, 0.3) is 0 Å². The maximum Gasteiger partial charge on any atom is 0.147 e. The molecule has 1 saturated carbocycles. The molecule has 1 aliphatic heterocycles. The summed E-state index contributed by atoms with van der Waals surface area (Å²) in [5.41, 5.74) is 9.62. The Kier molecular flexibility index (Phi) is 5.21. The Morgan fingerprint density at radius 3 is 2.59 bits per heavy atom. The summed E-state index contributed by atoms with van der Waals surface area (Å²) in [6.07, 6.45) is 6.21. The van der Waals surface area contributed by atoms with Gasteiger partial charge in [0.2, 0.25) is 0 Å². The van der Waals surface area contributed by atoms with Crippen LogP contribution >= 0.6 is 0 Å². The van der Waals surface area contributed by atoms with Crippen molar-refractivity contribution >= 4 is 17.2 Å². The van der Waals surface area contributed by atoms with Gasteiger partial charge in [0.05, 0.1) is 17.9 Å². The van der Waals surface area contributed by atoms with Gasteiger partial charge >= 0.3 is 0 Å². The van der Waals surface area contributed by atoms with E-state index >= 15 is 0 Å². The third-order valence-corrected chi connectivity index (χ3v) is 6.38. The van der Waals surface area contributed by atoms with Crippen LogP contribution in [0.2, 0.25) is 0 Å². The molecule has 1 aliphatic carbocycles. The molecule has 6 heteroatoms. The van der Waals surface area contributed by atoms with Gasteiger partial charge < -0.3 is 20.4 Å².